The average Bonchev–Trinajstić information content (AvgIpc) is 3.19. The van der Waals surface area contributed by atoms with Crippen LogP contribution in [-0.4, -0.2) is 36.1 Å². The van der Waals surface area contributed by atoms with Gasteiger partial charge in [0, 0.05) is 18.8 Å². The van der Waals surface area contributed by atoms with Crippen LogP contribution >= 0.6 is 11.6 Å². The van der Waals surface area contributed by atoms with E-state index in [2.05, 4.69) is 10.6 Å². The van der Waals surface area contributed by atoms with Crippen molar-refractivity contribution in [1.29, 1.82) is 0 Å². The first-order valence-electron chi connectivity index (χ1n) is 6.84. The number of carboxylic acid groups (broad SMARTS) is 1. The highest BCUT2D eigenvalue weighted by Crippen LogP contribution is 2.47. The zero-order valence-electron chi connectivity index (χ0n) is 11.6. The number of amides is 3. The molecule has 1 aliphatic carbocycles. The van der Waals surface area contributed by atoms with Crippen molar-refractivity contribution in [2.24, 2.45) is 5.41 Å². The molecule has 7 nitrogen and oxygen atoms in total. The van der Waals surface area contributed by atoms with E-state index in [1.54, 1.807) is 18.2 Å². The Morgan fingerprint density at radius 1 is 1.36 bits per heavy atom. The molecule has 1 heterocycles. The topological polar surface area (TPSA) is 98.7 Å². The van der Waals surface area contributed by atoms with Gasteiger partial charge in [-0.3, -0.25) is 14.5 Å². The molecule has 2 aliphatic rings. The smallest absolute Gasteiger partial charge is 0.322 e. The number of aliphatic carboxylic acids is 1. The second-order valence-electron chi connectivity index (χ2n) is 5.39. The number of halogens is 1. The first kappa shape index (κ1) is 14.6. The van der Waals surface area contributed by atoms with Gasteiger partial charge in [0.2, 0.25) is 5.91 Å². The van der Waals surface area contributed by atoms with Crippen LogP contribution in [0.4, 0.5) is 16.2 Å². The molecule has 116 valence electrons. The molecule has 3 amide bonds. The van der Waals surface area contributed by atoms with Gasteiger partial charge in [0.25, 0.3) is 0 Å². The summed E-state index contributed by atoms with van der Waals surface area (Å²) in [5.41, 5.74) is -0.420. The number of nitrogens with zero attached hydrogens (tertiary/aromatic N) is 1. The molecule has 2 fully saturated rings. The summed E-state index contributed by atoms with van der Waals surface area (Å²) in [4.78, 5) is 36.4. The number of carboxylic acids is 1. The Balaban J connectivity index is 1.82. The molecule has 1 aliphatic heterocycles. The Bertz CT molecular complexity index is 672. The van der Waals surface area contributed by atoms with Gasteiger partial charge in [-0.15, -0.1) is 0 Å². The van der Waals surface area contributed by atoms with Gasteiger partial charge >= 0.3 is 12.0 Å². The lowest BCUT2D eigenvalue weighted by Crippen LogP contribution is -2.31. The van der Waals surface area contributed by atoms with Gasteiger partial charge in [0.15, 0.2) is 0 Å². The second kappa shape index (κ2) is 5.17. The summed E-state index contributed by atoms with van der Waals surface area (Å²) in [5.74, 6) is -1.66. The Morgan fingerprint density at radius 3 is 2.64 bits per heavy atom. The third-order valence-electron chi connectivity index (χ3n) is 3.95. The summed E-state index contributed by atoms with van der Waals surface area (Å²) in [6, 6.07) is 4.46. The summed E-state index contributed by atoms with van der Waals surface area (Å²) < 4.78 is 0. The van der Waals surface area contributed by atoms with Gasteiger partial charge in [0.05, 0.1) is 10.7 Å². The van der Waals surface area contributed by atoms with Gasteiger partial charge in [-0.1, -0.05) is 11.6 Å². The maximum atomic E-state index is 12.1. The molecule has 1 aromatic rings. The van der Waals surface area contributed by atoms with E-state index in [0.717, 1.165) is 0 Å². The number of nitrogens with one attached hydrogen (secondary N) is 2. The number of hydrogen-bond donors (Lipinski definition) is 3. The number of carbonyl (C=O) groups excluding carboxylic acids is 2. The fraction of sp³-hybridized carbons (Fsp3) is 0.357. The zero-order chi connectivity index (χ0) is 15.9. The van der Waals surface area contributed by atoms with Crippen LogP contribution in [0.25, 0.3) is 0 Å². The summed E-state index contributed by atoms with van der Waals surface area (Å²) in [6.07, 6.45) is 0.673. The SMILES string of the molecule is O=C1NCCN1c1cc(NC(=O)C2(C(=O)O)CC2)ccc1Cl. The standard InChI is InChI=1S/C14H14ClN3O4/c15-9-2-1-8(7-10(9)18-6-5-16-13(18)22)17-11(19)14(3-4-14)12(20)21/h1-2,7H,3-6H2,(H,16,22)(H,17,19)(H,20,21). The predicted octanol–water partition coefficient (Wildman–Crippen LogP) is 1.67. The molecule has 3 N–H and O–H groups in total. The lowest BCUT2D eigenvalue weighted by Gasteiger charge is -2.18. The molecule has 0 spiro atoms. The van der Waals surface area contributed by atoms with Crippen LogP contribution in [0.5, 0.6) is 0 Å². The maximum absolute atomic E-state index is 12.1. The maximum Gasteiger partial charge on any atom is 0.322 e. The van der Waals surface area contributed by atoms with Crippen LogP contribution < -0.4 is 15.5 Å². The predicted molar refractivity (Wildman–Crippen MR) is 80.1 cm³/mol. The van der Waals surface area contributed by atoms with Crippen LogP contribution in [0.1, 0.15) is 12.8 Å². The second-order valence-corrected chi connectivity index (χ2v) is 5.80. The van der Waals surface area contributed by atoms with Crippen molar-refractivity contribution in [3.63, 3.8) is 0 Å². The number of urea groups is 1. The van der Waals surface area contributed by atoms with E-state index in [9.17, 15) is 14.4 Å². The molecule has 3 rings (SSSR count). The molecular weight excluding hydrogens is 310 g/mol. The third-order valence-corrected chi connectivity index (χ3v) is 4.27. The molecule has 0 unspecified atom stereocenters. The average molecular weight is 324 g/mol. The number of benzene rings is 1. The minimum absolute atomic E-state index is 0.255. The van der Waals surface area contributed by atoms with Gasteiger partial charge in [-0.05, 0) is 31.0 Å². The van der Waals surface area contributed by atoms with Crippen molar-refractivity contribution in [3.8, 4) is 0 Å². The van der Waals surface area contributed by atoms with Gasteiger partial charge in [-0.25, -0.2) is 4.79 Å². The van der Waals surface area contributed by atoms with Crippen molar-refractivity contribution >= 4 is 40.9 Å². The summed E-state index contributed by atoms with van der Waals surface area (Å²) in [7, 11) is 0. The van der Waals surface area contributed by atoms with Gasteiger partial charge in [0.1, 0.15) is 5.41 Å². The van der Waals surface area contributed by atoms with E-state index in [4.69, 9.17) is 16.7 Å². The van der Waals surface area contributed by atoms with Crippen LogP contribution in [0.15, 0.2) is 18.2 Å². The fourth-order valence-electron chi connectivity index (χ4n) is 2.41. The van der Waals surface area contributed by atoms with E-state index in [-0.39, 0.29) is 6.03 Å². The van der Waals surface area contributed by atoms with E-state index >= 15 is 0 Å². The normalized spacial score (nSPS) is 18.8. The van der Waals surface area contributed by atoms with Crippen molar-refractivity contribution in [3.05, 3.63) is 23.2 Å². The Kier molecular flexibility index (Phi) is 3.44. The van der Waals surface area contributed by atoms with Crippen molar-refractivity contribution in [2.75, 3.05) is 23.3 Å². The molecular formula is C14H14ClN3O4. The molecule has 0 radical (unpaired) electrons. The highest BCUT2D eigenvalue weighted by molar-refractivity contribution is 6.34. The quantitative estimate of drug-likeness (QED) is 0.734. The Hall–Kier alpha value is -2.28. The van der Waals surface area contributed by atoms with Gasteiger partial charge in [-0.2, -0.15) is 0 Å². The number of hydrogen-bond acceptors (Lipinski definition) is 3. The summed E-state index contributed by atoms with van der Waals surface area (Å²) in [5, 5.41) is 14.8. The number of carbonyl (C=O) groups is 3. The molecule has 1 saturated heterocycles. The van der Waals surface area contributed by atoms with Crippen molar-refractivity contribution < 1.29 is 19.5 Å². The van der Waals surface area contributed by atoms with Crippen LogP contribution in [0, 0.1) is 5.41 Å². The summed E-state index contributed by atoms with van der Waals surface area (Å²) in [6.45, 7) is 1.00. The Morgan fingerprint density at radius 2 is 2.09 bits per heavy atom. The monoisotopic (exact) mass is 323 g/mol. The Labute approximate surface area is 131 Å². The molecule has 0 bridgehead atoms. The molecule has 8 heteroatoms. The lowest BCUT2D eigenvalue weighted by molar-refractivity contribution is -0.147. The fourth-order valence-corrected chi connectivity index (χ4v) is 2.63. The minimum atomic E-state index is -1.31. The minimum Gasteiger partial charge on any atom is -0.480 e. The van der Waals surface area contributed by atoms with Gasteiger partial charge < -0.3 is 15.7 Å². The highest BCUT2D eigenvalue weighted by Gasteiger charge is 2.57. The first-order chi connectivity index (χ1) is 10.4. The molecule has 22 heavy (non-hydrogen) atoms. The van der Waals surface area contributed by atoms with E-state index in [1.165, 1.54) is 4.90 Å². The first-order valence-corrected chi connectivity index (χ1v) is 7.22. The number of anilines is 2. The van der Waals surface area contributed by atoms with Crippen molar-refractivity contribution in [1.82, 2.24) is 5.32 Å². The number of rotatable bonds is 4. The zero-order valence-corrected chi connectivity index (χ0v) is 12.3. The van der Waals surface area contributed by atoms with Crippen LogP contribution in [0.2, 0.25) is 5.02 Å². The summed E-state index contributed by atoms with van der Waals surface area (Å²) >= 11 is 6.10. The van der Waals surface area contributed by atoms with Crippen molar-refractivity contribution in [2.45, 2.75) is 12.8 Å². The highest BCUT2D eigenvalue weighted by atomic mass is 35.5. The van der Waals surface area contributed by atoms with Crippen LogP contribution in [-0.2, 0) is 9.59 Å². The van der Waals surface area contributed by atoms with E-state index in [0.29, 0.717) is 42.3 Å². The lowest BCUT2D eigenvalue weighted by atomic mass is 10.1. The van der Waals surface area contributed by atoms with E-state index in [1.807, 2.05) is 0 Å². The molecule has 1 saturated carbocycles. The molecule has 0 aromatic heterocycles. The van der Waals surface area contributed by atoms with E-state index < -0.39 is 17.3 Å². The third kappa shape index (κ3) is 2.37. The van der Waals surface area contributed by atoms with Crippen LogP contribution in [0.3, 0.4) is 0 Å². The molecule has 0 atom stereocenters. The molecule has 1 aromatic carbocycles. The largest absolute Gasteiger partial charge is 0.480 e.